The highest BCUT2D eigenvalue weighted by atomic mass is 35.5. The van der Waals surface area contributed by atoms with Crippen LogP contribution in [0.15, 0.2) is 54.6 Å². The standard InChI is InChI=1S/C19H26FN3O3.C7H7Cl.C3H7NO/c1-14(24)21-18(20)12-19(26)22-10-8-17(9-11-22)23(15(2)25)13-16-6-4-3-5-7-16;1-6-4-2-3-5-7(6)8;1-4(2)3-5/h3-7,17-18H,8-13H2,1-2H3,(H,21,24);2-5H,1H3;3H,1-2H3/t18-;;/m0../s1. The van der Waals surface area contributed by atoms with Gasteiger partial charge in [-0.3, -0.25) is 19.2 Å². The van der Waals surface area contributed by atoms with Crippen molar-refractivity contribution in [3.63, 3.8) is 0 Å². The molecule has 0 bridgehead atoms. The molecule has 2 aromatic carbocycles. The number of piperidine rings is 1. The van der Waals surface area contributed by atoms with Crippen LogP contribution in [-0.4, -0.2) is 78.4 Å². The fraction of sp³-hybridized carbons (Fsp3) is 0.448. The first-order valence-corrected chi connectivity index (χ1v) is 13.1. The van der Waals surface area contributed by atoms with Crippen molar-refractivity contribution in [3.05, 3.63) is 70.7 Å². The van der Waals surface area contributed by atoms with Gasteiger partial charge in [0, 0.05) is 58.6 Å². The van der Waals surface area contributed by atoms with Crippen molar-refractivity contribution in [3.8, 4) is 0 Å². The van der Waals surface area contributed by atoms with Crippen LogP contribution in [0.3, 0.4) is 0 Å². The minimum Gasteiger partial charge on any atom is -0.351 e. The van der Waals surface area contributed by atoms with Crippen molar-refractivity contribution in [2.75, 3.05) is 27.2 Å². The van der Waals surface area contributed by atoms with Crippen LogP contribution in [0, 0.1) is 6.92 Å². The van der Waals surface area contributed by atoms with E-state index in [0.717, 1.165) is 22.6 Å². The largest absolute Gasteiger partial charge is 0.351 e. The topological polar surface area (TPSA) is 90.0 Å². The number of nitrogens with one attached hydrogen (secondary N) is 1. The fourth-order valence-corrected chi connectivity index (χ4v) is 3.95. The van der Waals surface area contributed by atoms with Crippen LogP contribution in [-0.2, 0) is 25.7 Å². The molecule has 0 radical (unpaired) electrons. The second kappa shape index (κ2) is 17.9. The van der Waals surface area contributed by atoms with Crippen LogP contribution in [0.25, 0.3) is 0 Å². The van der Waals surface area contributed by atoms with Crippen molar-refractivity contribution in [2.45, 2.75) is 58.9 Å². The Bertz CT molecular complexity index is 1030. The molecule has 1 N–H and O–H groups in total. The van der Waals surface area contributed by atoms with Gasteiger partial charge in [-0.1, -0.05) is 60.1 Å². The number of carbonyl (C=O) groups excluding carboxylic acids is 4. The van der Waals surface area contributed by atoms with Gasteiger partial charge < -0.3 is 20.0 Å². The summed E-state index contributed by atoms with van der Waals surface area (Å²) >= 11 is 5.71. The molecule has 39 heavy (non-hydrogen) atoms. The zero-order valence-corrected chi connectivity index (χ0v) is 24.2. The van der Waals surface area contributed by atoms with Crippen LogP contribution in [0.5, 0.6) is 0 Å². The van der Waals surface area contributed by atoms with Crippen molar-refractivity contribution in [1.82, 2.24) is 20.0 Å². The Kier molecular flexibility index (Phi) is 15.4. The Balaban J connectivity index is 0.000000478. The average molecular weight is 563 g/mol. The molecule has 3 rings (SSSR count). The van der Waals surface area contributed by atoms with Crippen molar-refractivity contribution >= 4 is 35.7 Å². The lowest BCUT2D eigenvalue weighted by Gasteiger charge is -2.38. The number of nitrogens with zero attached hydrogens (tertiary/aromatic N) is 3. The molecule has 1 fully saturated rings. The van der Waals surface area contributed by atoms with Crippen molar-refractivity contribution in [2.24, 2.45) is 0 Å². The summed E-state index contributed by atoms with van der Waals surface area (Å²) in [6.45, 7) is 6.27. The van der Waals surface area contributed by atoms with Gasteiger partial charge in [-0.25, -0.2) is 4.39 Å². The van der Waals surface area contributed by atoms with Crippen LogP contribution in [0.2, 0.25) is 5.02 Å². The number of carbonyl (C=O) groups is 4. The predicted molar refractivity (Wildman–Crippen MR) is 152 cm³/mol. The zero-order chi connectivity index (χ0) is 29.4. The molecule has 1 saturated heterocycles. The molecule has 0 unspecified atom stereocenters. The number of halogens is 2. The smallest absolute Gasteiger partial charge is 0.227 e. The van der Waals surface area contributed by atoms with Crippen LogP contribution in [0.1, 0.15) is 44.2 Å². The average Bonchev–Trinajstić information content (AvgIpc) is 2.89. The molecule has 1 heterocycles. The number of hydrogen-bond donors (Lipinski definition) is 1. The lowest BCUT2D eigenvalue weighted by Crippen LogP contribution is -2.48. The van der Waals surface area contributed by atoms with E-state index in [2.05, 4.69) is 5.32 Å². The molecule has 214 valence electrons. The van der Waals surface area contributed by atoms with Gasteiger partial charge in [-0.15, -0.1) is 0 Å². The van der Waals surface area contributed by atoms with E-state index in [-0.39, 0.29) is 24.3 Å². The third kappa shape index (κ3) is 13.8. The summed E-state index contributed by atoms with van der Waals surface area (Å²) in [5.74, 6) is -0.808. The highest BCUT2D eigenvalue weighted by Crippen LogP contribution is 2.20. The molecule has 0 aliphatic carbocycles. The molecular weight excluding hydrogens is 523 g/mol. The van der Waals surface area contributed by atoms with Gasteiger partial charge in [0.2, 0.25) is 24.1 Å². The van der Waals surface area contributed by atoms with E-state index < -0.39 is 12.2 Å². The summed E-state index contributed by atoms with van der Waals surface area (Å²) in [7, 11) is 3.38. The van der Waals surface area contributed by atoms with Gasteiger partial charge in [0.1, 0.15) is 0 Å². The Labute approximate surface area is 236 Å². The third-order valence-corrected chi connectivity index (χ3v) is 6.28. The zero-order valence-electron chi connectivity index (χ0n) is 23.4. The van der Waals surface area contributed by atoms with E-state index in [4.69, 9.17) is 11.6 Å². The highest BCUT2D eigenvalue weighted by molar-refractivity contribution is 6.31. The lowest BCUT2D eigenvalue weighted by molar-refractivity contribution is -0.136. The molecule has 1 atom stereocenters. The number of alkyl halides is 1. The highest BCUT2D eigenvalue weighted by Gasteiger charge is 2.29. The van der Waals surface area contributed by atoms with E-state index in [1.807, 2.05) is 66.4 Å². The number of aryl methyl sites for hydroxylation is 1. The second-order valence-corrected chi connectivity index (χ2v) is 9.84. The maximum absolute atomic E-state index is 13.6. The Morgan fingerprint density at radius 2 is 1.59 bits per heavy atom. The first-order chi connectivity index (χ1) is 18.4. The maximum atomic E-state index is 13.6. The van der Waals surface area contributed by atoms with Crippen molar-refractivity contribution in [1.29, 1.82) is 0 Å². The number of likely N-dealkylation sites (tertiary alicyclic amines) is 1. The molecule has 0 saturated carbocycles. The lowest BCUT2D eigenvalue weighted by atomic mass is 10.0. The third-order valence-electron chi connectivity index (χ3n) is 5.86. The number of benzene rings is 2. The Hall–Kier alpha value is -3.46. The second-order valence-electron chi connectivity index (χ2n) is 9.43. The molecule has 2 aromatic rings. The number of hydrogen-bond acceptors (Lipinski definition) is 4. The molecule has 0 spiro atoms. The summed E-state index contributed by atoms with van der Waals surface area (Å²) < 4.78 is 13.6. The Morgan fingerprint density at radius 3 is 2.03 bits per heavy atom. The quantitative estimate of drug-likeness (QED) is 0.404. The summed E-state index contributed by atoms with van der Waals surface area (Å²) in [4.78, 5) is 49.4. The van der Waals surface area contributed by atoms with E-state index in [0.29, 0.717) is 32.5 Å². The summed E-state index contributed by atoms with van der Waals surface area (Å²) in [5, 5.41) is 2.92. The molecule has 10 heteroatoms. The van der Waals surface area contributed by atoms with Crippen LogP contribution in [0.4, 0.5) is 4.39 Å². The fourth-order valence-electron chi connectivity index (χ4n) is 3.81. The van der Waals surface area contributed by atoms with E-state index in [1.165, 1.54) is 11.8 Å². The maximum Gasteiger partial charge on any atom is 0.227 e. The van der Waals surface area contributed by atoms with E-state index in [1.54, 1.807) is 25.9 Å². The number of rotatable bonds is 7. The van der Waals surface area contributed by atoms with E-state index in [9.17, 15) is 23.6 Å². The van der Waals surface area contributed by atoms with Crippen molar-refractivity contribution < 1.29 is 23.6 Å². The first-order valence-electron chi connectivity index (χ1n) is 12.8. The molecule has 4 amide bonds. The number of amides is 4. The Morgan fingerprint density at radius 1 is 1.05 bits per heavy atom. The monoisotopic (exact) mass is 562 g/mol. The molecule has 8 nitrogen and oxygen atoms in total. The molecule has 1 aliphatic heterocycles. The van der Waals surface area contributed by atoms with Gasteiger partial charge in [0.05, 0.1) is 6.42 Å². The van der Waals surface area contributed by atoms with E-state index >= 15 is 0 Å². The molecule has 0 aromatic heterocycles. The minimum absolute atomic E-state index is 0.00751. The molecular formula is C29H40ClFN4O4. The van der Waals surface area contributed by atoms with Crippen LogP contribution < -0.4 is 5.32 Å². The summed E-state index contributed by atoms with van der Waals surface area (Å²) in [6.07, 6.45) is 0.0550. The van der Waals surface area contributed by atoms with Gasteiger partial charge in [0.15, 0.2) is 6.30 Å². The first kappa shape index (κ1) is 33.6. The van der Waals surface area contributed by atoms with Gasteiger partial charge in [-0.2, -0.15) is 0 Å². The minimum atomic E-state index is -1.66. The van der Waals surface area contributed by atoms with Gasteiger partial charge >= 0.3 is 0 Å². The van der Waals surface area contributed by atoms with Gasteiger partial charge in [-0.05, 0) is 37.0 Å². The predicted octanol–water partition coefficient (Wildman–Crippen LogP) is 4.20. The SMILES string of the molecule is CC(=O)N[C@H](F)CC(=O)N1CCC(N(Cc2ccccc2)C(C)=O)CC1.CN(C)C=O.Cc1ccccc1Cl. The summed E-state index contributed by atoms with van der Waals surface area (Å²) in [5.41, 5.74) is 2.20. The normalized spacial score (nSPS) is 13.5. The van der Waals surface area contributed by atoms with Crippen LogP contribution >= 0.6 is 11.6 Å². The van der Waals surface area contributed by atoms with Gasteiger partial charge in [0.25, 0.3) is 0 Å². The summed E-state index contributed by atoms with van der Waals surface area (Å²) in [6, 6.07) is 17.6. The molecule has 1 aliphatic rings.